The molecule has 0 fully saturated rings. The third-order valence-electron chi connectivity index (χ3n) is 3.07. The molecule has 126 valence electrons. The highest BCUT2D eigenvalue weighted by atomic mass is 16.5. The molecule has 0 atom stereocenters. The highest BCUT2D eigenvalue weighted by Crippen LogP contribution is 2.24. The van der Waals surface area contributed by atoms with Crippen LogP contribution >= 0.6 is 0 Å². The zero-order valence-corrected chi connectivity index (χ0v) is 14.0. The summed E-state index contributed by atoms with van der Waals surface area (Å²) in [7, 11) is 0. The molecule has 0 aliphatic carbocycles. The number of hydrogen-bond acceptors (Lipinski definition) is 4. The number of nitrogens with zero attached hydrogens (tertiary/aromatic N) is 1. The van der Waals surface area contributed by atoms with Gasteiger partial charge in [-0.25, -0.2) is 4.98 Å². The van der Waals surface area contributed by atoms with Crippen LogP contribution in [0.5, 0.6) is 5.75 Å². The van der Waals surface area contributed by atoms with Crippen LogP contribution in [0, 0.1) is 0 Å². The molecular formula is C18H21N3O3. The topological polar surface area (TPSA) is 80.3 Å². The van der Waals surface area contributed by atoms with E-state index in [4.69, 9.17) is 4.74 Å². The van der Waals surface area contributed by atoms with Gasteiger partial charge in [-0.1, -0.05) is 18.2 Å². The fraction of sp³-hybridized carbons (Fsp3) is 0.278. The summed E-state index contributed by atoms with van der Waals surface area (Å²) in [5, 5.41) is 5.51. The lowest BCUT2D eigenvalue weighted by atomic mass is 10.2. The Balaban J connectivity index is 2.17. The normalized spacial score (nSPS) is 10.3. The van der Waals surface area contributed by atoms with Crippen molar-refractivity contribution in [2.45, 2.75) is 26.8 Å². The third kappa shape index (κ3) is 4.55. The molecule has 1 heterocycles. The van der Waals surface area contributed by atoms with Crippen molar-refractivity contribution in [1.82, 2.24) is 10.3 Å². The number of pyridine rings is 1. The van der Waals surface area contributed by atoms with Gasteiger partial charge >= 0.3 is 0 Å². The number of carbonyl (C=O) groups is 2. The Hall–Kier alpha value is -2.89. The van der Waals surface area contributed by atoms with Gasteiger partial charge in [0, 0.05) is 6.04 Å². The molecule has 1 aromatic carbocycles. The molecule has 0 saturated carbocycles. The molecule has 0 aliphatic heterocycles. The van der Waals surface area contributed by atoms with Crippen LogP contribution in [-0.4, -0.2) is 29.4 Å². The van der Waals surface area contributed by atoms with Gasteiger partial charge in [-0.15, -0.1) is 0 Å². The highest BCUT2D eigenvalue weighted by Gasteiger charge is 2.14. The van der Waals surface area contributed by atoms with Crippen molar-refractivity contribution < 1.29 is 14.3 Å². The lowest BCUT2D eigenvalue weighted by molar-refractivity contribution is 0.0938. The first-order valence-electron chi connectivity index (χ1n) is 7.82. The number of anilines is 1. The van der Waals surface area contributed by atoms with Gasteiger partial charge in [-0.2, -0.15) is 0 Å². The van der Waals surface area contributed by atoms with E-state index in [1.807, 2.05) is 26.8 Å². The van der Waals surface area contributed by atoms with Gasteiger partial charge in [0.2, 0.25) is 0 Å². The molecule has 0 bridgehead atoms. The van der Waals surface area contributed by atoms with E-state index in [2.05, 4.69) is 15.6 Å². The van der Waals surface area contributed by atoms with Gasteiger partial charge in [0.05, 0.1) is 12.3 Å². The summed E-state index contributed by atoms with van der Waals surface area (Å²) < 4.78 is 5.48. The average Bonchev–Trinajstić information content (AvgIpc) is 2.56. The number of nitrogens with one attached hydrogen (secondary N) is 2. The number of rotatable bonds is 6. The number of hydrogen-bond donors (Lipinski definition) is 2. The standard InChI is InChI=1S/C18H21N3O3/c1-4-24-16-11-6-5-8-13(16)21-18(23)15-10-7-9-14(20-15)17(22)19-12(2)3/h5-12H,4H2,1-3H3,(H,19,22)(H,21,23). The van der Waals surface area contributed by atoms with Crippen molar-refractivity contribution in [3.05, 3.63) is 53.9 Å². The number of aromatic nitrogens is 1. The first-order valence-corrected chi connectivity index (χ1v) is 7.82. The number of ether oxygens (including phenoxy) is 1. The van der Waals surface area contributed by atoms with Crippen molar-refractivity contribution in [2.24, 2.45) is 0 Å². The van der Waals surface area contributed by atoms with E-state index >= 15 is 0 Å². The van der Waals surface area contributed by atoms with Crippen molar-refractivity contribution in [3.8, 4) is 5.75 Å². The predicted octanol–water partition coefficient (Wildman–Crippen LogP) is 2.87. The van der Waals surface area contributed by atoms with E-state index in [0.29, 0.717) is 18.0 Å². The van der Waals surface area contributed by atoms with Gasteiger partial charge in [0.25, 0.3) is 11.8 Å². The van der Waals surface area contributed by atoms with Crippen LogP contribution < -0.4 is 15.4 Å². The summed E-state index contributed by atoms with van der Waals surface area (Å²) in [4.78, 5) is 28.5. The van der Waals surface area contributed by atoms with E-state index in [9.17, 15) is 9.59 Å². The molecule has 24 heavy (non-hydrogen) atoms. The van der Waals surface area contributed by atoms with E-state index in [1.165, 1.54) is 0 Å². The summed E-state index contributed by atoms with van der Waals surface area (Å²) in [6.45, 7) is 6.09. The first kappa shape index (κ1) is 17.5. The second kappa shape index (κ2) is 8.10. The maximum atomic E-state index is 12.4. The zero-order valence-electron chi connectivity index (χ0n) is 14.0. The molecule has 2 N–H and O–H groups in total. The Morgan fingerprint density at radius 1 is 1.04 bits per heavy atom. The largest absolute Gasteiger partial charge is 0.492 e. The SMILES string of the molecule is CCOc1ccccc1NC(=O)c1cccc(C(=O)NC(C)C)n1. The summed E-state index contributed by atoms with van der Waals surface area (Å²) in [5.74, 6) is -0.127. The van der Waals surface area contributed by atoms with Gasteiger partial charge in [-0.3, -0.25) is 9.59 Å². The molecule has 2 amide bonds. The quantitative estimate of drug-likeness (QED) is 0.855. The molecule has 0 aliphatic rings. The zero-order chi connectivity index (χ0) is 17.5. The Morgan fingerprint density at radius 2 is 1.71 bits per heavy atom. The fourth-order valence-corrected chi connectivity index (χ4v) is 2.06. The molecule has 0 saturated heterocycles. The number of amides is 2. The summed E-state index contributed by atoms with van der Waals surface area (Å²) in [6, 6.07) is 11.9. The number of para-hydroxylation sites is 2. The minimum absolute atomic E-state index is 0.00477. The van der Waals surface area contributed by atoms with Gasteiger partial charge in [0.15, 0.2) is 0 Å². The summed E-state index contributed by atoms with van der Waals surface area (Å²) in [6.07, 6.45) is 0. The third-order valence-corrected chi connectivity index (χ3v) is 3.07. The molecule has 6 heteroatoms. The molecule has 0 spiro atoms. The Morgan fingerprint density at radius 3 is 2.38 bits per heavy atom. The van der Waals surface area contributed by atoms with Crippen LogP contribution in [0.2, 0.25) is 0 Å². The van der Waals surface area contributed by atoms with E-state index in [-0.39, 0.29) is 23.3 Å². The minimum Gasteiger partial charge on any atom is -0.492 e. The van der Waals surface area contributed by atoms with Crippen LogP contribution in [0.3, 0.4) is 0 Å². The Bertz CT molecular complexity index is 729. The highest BCUT2D eigenvalue weighted by molar-refractivity contribution is 6.04. The molecular weight excluding hydrogens is 306 g/mol. The lowest BCUT2D eigenvalue weighted by Crippen LogP contribution is -2.31. The second-order valence-corrected chi connectivity index (χ2v) is 5.42. The molecule has 1 aromatic heterocycles. The predicted molar refractivity (Wildman–Crippen MR) is 92.4 cm³/mol. The average molecular weight is 327 g/mol. The Labute approximate surface area is 141 Å². The van der Waals surface area contributed by atoms with E-state index in [1.54, 1.807) is 36.4 Å². The van der Waals surface area contributed by atoms with Gasteiger partial charge in [-0.05, 0) is 45.0 Å². The monoisotopic (exact) mass is 327 g/mol. The van der Waals surface area contributed by atoms with Crippen molar-refractivity contribution in [2.75, 3.05) is 11.9 Å². The van der Waals surface area contributed by atoms with Crippen LogP contribution in [0.15, 0.2) is 42.5 Å². The van der Waals surface area contributed by atoms with E-state index < -0.39 is 5.91 Å². The maximum Gasteiger partial charge on any atom is 0.274 e. The van der Waals surface area contributed by atoms with Crippen molar-refractivity contribution in [1.29, 1.82) is 0 Å². The summed E-state index contributed by atoms with van der Waals surface area (Å²) >= 11 is 0. The number of carbonyl (C=O) groups excluding carboxylic acids is 2. The molecule has 2 rings (SSSR count). The second-order valence-electron chi connectivity index (χ2n) is 5.42. The smallest absolute Gasteiger partial charge is 0.274 e. The molecule has 0 radical (unpaired) electrons. The fourth-order valence-electron chi connectivity index (χ4n) is 2.06. The maximum absolute atomic E-state index is 12.4. The minimum atomic E-state index is -0.402. The number of benzene rings is 1. The first-order chi connectivity index (χ1) is 11.5. The van der Waals surface area contributed by atoms with Crippen LogP contribution in [0.1, 0.15) is 41.7 Å². The van der Waals surface area contributed by atoms with Crippen molar-refractivity contribution in [3.63, 3.8) is 0 Å². The lowest BCUT2D eigenvalue weighted by Gasteiger charge is -2.11. The van der Waals surface area contributed by atoms with E-state index in [0.717, 1.165) is 0 Å². The summed E-state index contributed by atoms with van der Waals surface area (Å²) in [5.41, 5.74) is 0.926. The van der Waals surface area contributed by atoms with Gasteiger partial charge < -0.3 is 15.4 Å². The molecule has 0 unspecified atom stereocenters. The van der Waals surface area contributed by atoms with Crippen molar-refractivity contribution >= 4 is 17.5 Å². The van der Waals surface area contributed by atoms with Crippen LogP contribution in [-0.2, 0) is 0 Å². The van der Waals surface area contributed by atoms with Crippen LogP contribution in [0.4, 0.5) is 5.69 Å². The Kier molecular flexibility index (Phi) is 5.89. The van der Waals surface area contributed by atoms with Crippen LogP contribution in [0.25, 0.3) is 0 Å². The molecule has 6 nitrogen and oxygen atoms in total. The van der Waals surface area contributed by atoms with Gasteiger partial charge in [0.1, 0.15) is 17.1 Å². The molecule has 2 aromatic rings.